The summed E-state index contributed by atoms with van der Waals surface area (Å²) in [6.07, 6.45) is 0. The summed E-state index contributed by atoms with van der Waals surface area (Å²) in [6, 6.07) is 20.0. The van der Waals surface area contributed by atoms with Crippen LogP contribution in [0.3, 0.4) is 0 Å². The van der Waals surface area contributed by atoms with E-state index in [1.807, 2.05) is 42.5 Å². The van der Waals surface area contributed by atoms with Gasteiger partial charge in [0.2, 0.25) is 0 Å². The van der Waals surface area contributed by atoms with Gasteiger partial charge < -0.3 is 0 Å². The molecule has 0 saturated carbocycles. The van der Waals surface area contributed by atoms with E-state index in [4.69, 9.17) is 11.6 Å². The Morgan fingerprint density at radius 3 is 2.38 bits per heavy atom. The number of aryl methyl sites for hydroxylation is 1. The predicted octanol–water partition coefficient (Wildman–Crippen LogP) is 5.40. The van der Waals surface area contributed by atoms with Gasteiger partial charge in [-0.15, -0.1) is 0 Å². The monoisotopic (exact) mass is 386 g/mol. The van der Waals surface area contributed by atoms with E-state index in [-0.39, 0.29) is 5.56 Å². The average molecular weight is 387 g/mol. The van der Waals surface area contributed by atoms with E-state index in [9.17, 15) is 9.18 Å². The summed E-state index contributed by atoms with van der Waals surface area (Å²) in [4.78, 5) is 16.0. The molecule has 0 saturated heterocycles. The highest BCUT2D eigenvalue weighted by Gasteiger charge is 2.16. The molecule has 0 radical (unpaired) electrons. The van der Waals surface area contributed by atoms with Crippen LogP contribution in [0.4, 0.5) is 4.39 Å². The van der Waals surface area contributed by atoms with Gasteiger partial charge in [0, 0.05) is 9.92 Å². The summed E-state index contributed by atoms with van der Waals surface area (Å²) in [5.74, 6) is -1.06. The Morgan fingerprint density at radius 1 is 1.00 bits per heavy atom. The quantitative estimate of drug-likeness (QED) is 0.456. The van der Waals surface area contributed by atoms with Crippen molar-refractivity contribution in [1.29, 1.82) is 0 Å². The molecule has 3 nitrogen and oxygen atoms in total. The zero-order chi connectivity index (χ0) is 18.5. The largest absolute Gasteiger partial charge is 0.277 e. The van der Waals surface area contributed by atoms with Crippen LogP contribution in [0, 0.1) is 12.7 Å². The lowest BCUT2D eigenvalue weighted by Gasteiger charge is -2.11. The number of halogens is 2. The van der Waals surface area contributed by atoms with Crippen LogP contribution >= 0.6 is 23.5 Å². The van der Waals surface area contributed by atoms with Crippen molar-refractivity contribution in [3.63, 3.8) is 0 Å². The molecule has 0 aromatic heterocycles. The molecule has 0 aliphatic rings. The van der Waals surface area contributed by atoms with Gasteiger partial charge in [-0.1, -0.05) is 41.9 Å². The first kappa shape index (κ1) is 18.5. The van der Waals surface area contributed by atoms with Crippen molar-refractivity contribution in [2.75, 3.05) is 0 Å². The summed E-state index contributed by atoms with van der Waals surface area (Å²) in [5.41, 5.74) is 4.64. The minimum atomic E-state index is -0.537. The van der Waals surface area contributed by atoms with E-state index >= 15 is 0 Å². The number of nitrogens with one attached hydrogen (secondary N) is 2. The molecular weight excluding hydrogens is 371 g/mol. The Bertz CT molecular complexity index is 917. The van der Waals surface area contributed by atoms with Crippen LogP contribution in [0.2, 0.25) is 5.02 Å². The lowest BCUT2D eigenvalue weighted by atomic mass is 9.99. The van der Waals surface area contributed by atoms with Crippen LogP contribution < -0.4 is 10.3 Å². The number of amides is 1. The van der Waals surface area contributed by atoms with E-state index in [2.05, 4.69) is 10.3 Å². The first-order valence-corrected chi connectivity index (χ1v) is 9.07. The molecule has 0 fully saturated rings. The molecule has 6 heteroatoms. The van der Waals surface area contributed by atoms with Gasteiger partial charge in [-0.3, -0.25) is 10.2 Å². The van der Waals surface area contributed by atoms with Crippen molar-refractivity contribution in [3.8, 4) is 11.1 Å². The topological polar surface area (TPSA) is 41.1 Å². The fraction of sp³-hybridized carbons (Fsp3) is 0.0500. The molecule has 0 heterocycles. The van der Waals surface area contributed by atoms with Crippen molar-refractivity contribution in [1.82, 2.24) is 10.3 Å². The summed E-state index contributed by atoms with van der Waals surface area (Å²) >= 11 is 7.03. The van der Waals surface area contributed by atoms with E-state index in [1.165, 1.54) is 11.9 Å². The van der Waals surface area contributed by atoms with Gasteiger partial charge in [0.05, 0.1) is 5.56 Å². The number of carbonyl (C=O) groups is 1. The van der Waals surface area contributed by atoms with Crippen molar-refractivity contribution in [2.45, 2.75) is 11.8 Å². The normalized spacial score (nSPS) is 10.6. The van der Waals surface area contributed by atoms with Crippen molar-refractivity contribution >= 4 is 29.5 Å². The molecule has 0 bridgehead atoms. The number of hydrazine groups is 1. The minimum Gasteiger partial charge on any atom is -0.277 e. The van der Waals surface area contributed by atoms with E-state index in [1.54, 1.807) is 31.2 Å². The Labute approximate surface area is 160 Å². The fourth-order valence-corrected chi connectivity index (χ4v) is 3.09. The Kier molecular flexibility index (Phi) is 5.93. The van der Waals surface area contributed by atoms with Gasteiger partial charge in [0.1, 0.15) is 5.82 Å². The number of hydrogen-bond donors (Lipinski definition) is 2. The smallest absolute Gasteiger partial charge is 0.269 e. The number of carbonyl (C=O) groups excluding carboxylic acids is 1. The van der Waals surface area contributed by atoms with Crippen LogP contribution in [0.1, 0.15) is 15.9 Å². The first-order valence-electron chi connectivity index (χ1n) is 7.88. The highest BCUT2D eigenvalue weighted by molar-refractivity contribution is 7.97. The Hall–Kier alpha value is -2.34. The molecule has 26 heavy (non-hydrogen) atoms. The number of rotatable bonds is 5. The first-order chi connectivity index (χ1) is 12.5. The average Bonchev–Trinajstić information content (AvgIpc) is 2.66. The molecule has 3 aromatic carbocycles. The van der Waals surface area contributed by atoms with E-state index in [0.717, 1.165) is 16.0 Å². The molecule has 0 atom stereocenters. The summed E-state index contributed by atoms with van der Waals surface area (Å²) in [6.45, 7) is 1.65. The maximum Gasteiger partial charge on any atom is 0.269 e. The molecule has 2 N–H and O–H groups in total. The molecule has 0 aliphatic heterocycles. The third-order valence-corrected chi connectivity index (χ3v) is 4.72. The van der Waals surface area contributed by atoms with Crippen LogP contribution in [0.15, 0.2) is 71.6 Å². The predicted molar refractivity (Wildman–Crippen MR) is 104 cm³/mol. The van der Waals surface area contributed by atoms with Gasteiger partial charge in [-0.25, -0.2) is 4.39 Å². The molecule has 0 aliphatic carbocycles. The molecule has 1 amide bonds. The fourth-order valence-electron chi connectivity index (χ4n) is 2.43. The summed E-state index contributed by atoms with van der Waals surface area (Å²) in [7, 11) is 0. The number of hydrogen-bond acceptors (Lipinski definition) is 3. The maximum atomic E-state index is 14.4. The summed E-state index contributed by atoms with van der Waals surface area (Å²) in [5, 5.41) is 0.633. The van der Waals surface area contributed by atoms with Crippen molar-refractivity contribution in [2.24, 2.45) is 0 Å². The van der Waals surface area contributed by atoms with Gasteiger partial charge >= 0.3 is 0 Å². The van der Waals surface area contributed by atoms with E-state index in [0.29, 0.717) is 10.6 Å². The van der Waals surface area contributed by atoms with Gasteiger partial charge in [-0.05, 0) is 72.0 Å². The van der Waals surface area contributed by atoms with E-state index < -0.39 is 11.7 Å². The Balaban J connectivity index is 1.74. The Morgan fingerprint density at radius 2 is 1.69 bits per heavy atom. The molecule has 0 unspecified atom stereocenters. The lowest BCUT2D eigenvalue weighted by Crippen LogP contribution is -2.33. The lowest BCUT2D eigenvalue weighted by molar-refractivity contribution is 0.0943. The van der Waals surface area contributed by atoms with Crippen LogP contribution in [-0.2, 0) is 0 Å². The second-order valence-electron chi connectivity index (χ2n) is 5.63. The second kappa shape index (κ2) is 8.36. The van der Waals surface area contributed by atoms with Gasteiger partial charge in [0.15, 0.2) is 0 Å². The highest BCUT2D eigenvalue weighted by atomic mass is 35.5. The third-order valence-electron chi connectivity index (χ3n) is 3.75. The second-order valence-corrected chi connectivity index (χ2v) is 6.95. The van der Waals surface area contributed by atoms with Gasteiger partial charge in [0.25, 0.3) is 5.91 Å². The van der Waals surface area contributed by atoms with Crippen LogP contribution in [0.25, 0.3) is 11.1 Å². The van der Waals surface area contributed by atoms with Crippen molar-refractivity contribution in [3.05, 3.63) is 88.7 Å². The zero-order valence-electron chi connectivity index (χ0n) is 13.9. The SMILES string of the molecule is Cc1cc(-c2ccccc2)cc(C(=O)NNSc2ccc(Cl)cc2)c1F. The van der Waals surface area contributed by atoms with Crippen LogP contribution in [-0.4, -0.2) is 5.91 Å². The summed E-state index contributed by atoms with van der Waals surface area (Å²) < 4.78 is 14.4. The van der Waals surface area contributed by atoms with Crippen molar-refractivity contribution < 1.29 is 9.18 Å². The zero-order valence-corrected chi connectivity index (χ0v) is 15.5. The molecule has 3 aromatic rings. The van der Waals surface area contributed by atoms with Crippen LogP contribution in [0.5, 0.6) is 0 Å². The molecular formula is C20H16ClFN2OS. The minimum absolute atomic E-state index is 0.00643. The maximum absolute atomic E-state index is 14.4. The third kappa shape index (κ3) is 4.43. The highest BCUT2D eigenvalue weighted by Crippen LogP contribution is 2.25. The molecule has 132 valence electrons. The van der Waals surface area contributed by atoms with Gasteiger partial charge in [-0.2, -0.15) is 4.83 Å². The molecule has 0 spiro atoms. The number of benzene rings is 3. The molecule has 3 rings (SSSR count). The standard InChI is InChI=1S/C20H16ClFN2OS/c1-13-11-15(14-5-3-2-4-6-14)12-18(19(13)22)20(25)23-24-26-17-9-7-16(21)8-10-17/h2-12,24H,1H3,(H,23,25).